The van der Waals surface area contributed by atoms with Gasteiger partial charge in [0.05, 0.1) is 35.3 Å². The summed E-state index contributed by atoms with van der Waals surface area (Å²) < 4.78 is 21.6. The van der Waals surface area contributed by atoms with Crippen LogP contribution in [-0.2, 0) is 0 Å². The molecule has 0 aliphatic heterocycles. The van der Waals surface area contributed by atoms with E-state index in [2.05, 4.69) is 0 Å². The van der Waals surface area contributed by atoms with Crippen LogP contribution in [0.5, 0.6) is 5.75 Å². The van der Waals surface area contributed by atoms with Crippen LogP contribution in [0.15, 0.2) is 77.6 Å². The molecule has 35 heavy (non-hydrogen) atoms. The largest absolute Gasteiger partial charge is 0.495 e. The number of rotatable bonds is 8. The first kappa shape index (κ1) is 24.1. The summed E-state index contributed by atoms with van der Waals surface area (Å²) in [5, 5.41) is 0.454. The maximum absolute atomic E-state index is 14.6. The molecule has 0 aliphatic carbocycles. The van der Waals surface area contributed by atoms with Crippen LogP contribution in [0.3, 0.4) is 0 Å². The molecule has 0 spiro atoms. The van der Waals surface area contributed by atoms with Gasteiger partial charge in [0.2, 0.25) is 0 Å². The van der Waals surface area contributed by atoms with Gasteiger partial charge in [-0.15, -0.1) is 0 Å². The average molecular weight is 474 g/mol. The molecule has 4 aromatic rings. The second kappa shape index (κ2) is 10.5. The summed E-state index contributed by atoms with van der Waals surface area (Å²) in [5.41, 5.74) is 0.770. The summed E-state index contributed by atoms with van der Waals surface area (Å²) in [5.74, 6) is -0.155. The number of benzene rings is 3. The fraction of sp³-hybridized carbons (Fsp3) is 0.250. The van der Waals surface area contributed by atoms with Crippen molar-refractivity contribution in [3.05, 3.63) is 100 Å². The number of hydrogen-bond acceptors (Lipinski definition) is 4. The van der Waals surface area contributed by atoms with Crippen molar-refractivity contribution < 1.29 is 13.9 Å². The number of carbonyl (C=O) groups excluding carboxylic acids is 1. The maximum atomic E-state index is 14.6. The van der Waals surface area contributed by atoms with Gasteiger partial charge in [-0.3, -0.25) is 14.2 Å². The summed E-state index contributed by atoms with van der Waals surface area (Å²) in [4.78, 5) is 33.7. The van der Waals surface area contributed by atoms with Crippen LogP contribution in [0.25, 0.3) is 16.6 Å². The molecule has 6 nitrogen and oxygen atoms in total. The van der Waals surface area contributed by atoms with Gasteiger partial charge in [0, 0.05) is 6.54 Å². The molecule has 7 heteroatoms. The number of methoxy groups -OCH3 is 1. The van der Waals surface area contributed by atoms with E-state index in [4.69, 9.17) is 9.72 Å². The zero-order valence-electron chi connectivity index (χ0n) is 20.1. The van der Waals surface area contributed by atoms with Crippen LogP contribution in [0.1, 0.15) is 48.9 Å². The Bertz CT molecular complexity index is 1420. The minimum Gasteiger partial charge on any atom is -0.495 e. The minimum absolute atomic E-state index is 0.0116. The van der Waals surface area contributed by atoms with E-state index in [9.17, 15) is 14.0 Å². The van der Waals surface area contributed by atoms with Crippen molar-refractivity contribution in [1.82, 2.24) is 14.5 Å². The second-order valence-corrected chi connectivity index (χ2v) is 8.31. The first-order valence-corrected chi connectivity index (χ1v) is 11.7. The lowest BCUT2D eigenvalue weighted by Crippen LogP contribution is -2.38. The van der Waals surface area contributed by atoms with Gasteiger partial charge in [-0.2, -0.15) is 0 Å². The standard InChI is InChI=1S/C28H28FN3O3/c1-4-5-18-31(27(33)20-12-6-8-14-22(20)29)19(2)26-30-23-15-9-7-13-21(23)28(34)32(26)24-16-10-11-17-25(24)35-3/h6-17,19H,4-5,18H2,1-3H3. The summed E-state index contributed by atoms with van der Waals surface area (Å²) in [6, 6.07) is 19.6. The molecule has 180 valence electrons. The van der Waals surface area contributed by atoms with Crippen LogP contribution in [0, 0.1) is 5.82 Å². The normalized spacial score (nSPS) is 11.9. The molecular weight excluding hydrogens is 445 g/mol. The van der Waals surface area contributed by atoms with E-state index < -0.39 is 17.8 Å². The molecule has 1 atom stereocenters. The molecule has 0 saturated heterocycles. The summed E-state index contributed by atoms with van der Waals surface area (Å²) in [6.07, 6.45) is 1.56. The SMILES string of the molecule is CCCCN(C(=O)c1ccccc1F)C(C)c1nc2ccccc2c(=O)n1-c1ccccc1OC. The number of halogens is 1. The number of ether oxygens (including phenoxy) is 1. The van der Waals surface area contributed by atoms with Gasteiger partial charge in [-0.05, 0) is 49.7 Å². The molecule has 0 bridgehead atoms. The van der Waals surface area contributed by atoms with Gasteiger partial charge in [-0.25, -0.2) is 9.37 Å². The van der Waals surface area contributed by atoms with E-state index in [1.54, 1.807) is 47.4 Å². The lowest BCUT2D eigenvalue weighted by Gasteiger charge is -2.31. The number of unbranched alkanes of at least 4 members (excludes halogenated alkanes) is 1. The van der Waals surface area contributed by atoms with Gasteiger partial charge < -0.3 is 9.64 Å². The fourth-order valence-corrected chi connectivity index (χ4v) is 4.21. The zero-order valence-corrected chi connectivity index (χ0v) is 20.1. The van der Waals surface area contributed by atoms with Gasteiger partial charge >= 0.3 is 0 Å². The molecule has 3 aromatic carbocycles. The quantitative estimate of drug-likeness (QED) is 0.337. The van der Waals surface area contributed by atoms with E-state index in [0.717, 1.165) is 12.8 Å². The Hall–Kier alpha value is -4.00. The Balaban J connectivity index is 1.95. The smallest absolute Gasteiger partial charge is 0.266 e. The Labute approximate surface area is 203 Å². The molecular formula is C28H28FN3O3. The third-order valence-electron chi connectivity index (χ3n) is 6.09. The second-order valence-electron chi connectivity index (χ2n) is 8.31. The highest BCUT2D eigenvalue weighted by atomic mass is 19.1. The summed E-state index contributed by atoms with van der Waals surface area (Å²) in [6.45, 7) is 4.23. The molecule has 0 aliphatic rings. The number of hydrogen-bond donors (Lipinski definition) is 0. The maximum Gasteiger partial charge on any atom is 0.266 e. The van der Waals surface area contributed by atoms with Crippen molar-refractivity contribution in [2.24, 2.45) is 0 Å². The molecule has 1 amide bonds. The molecule has 1 aromatic heterocycles. The van der Waals surface area contributed by atoms with Gasteiger partial charge in [0.1, 0.15) is 17.4 Å². The van der Waals surface area contributed by atoms with E-state index in [1.807, 2.05) is 32.0 Å². The lowest BCUT2D eigenvalue weighted by molar-refractivity contribution is 0.0673. The van der Waals surface area contributed by atoms with Crippen molar-refractivity contribution in [3.8, 4) is 11.4 Å². The fourth-order valence-electron chi connectivity index (χ4n) is 4.21. The Morgan fingerprint density at radius 3 is 2.49 bits per heavy atom. The van der Waals surface area contributed by atoms with Crippen LogP contribution in [-0.4, -0.2) is 34.0 Å². The predicted octanol–water partition coefficient (Wildman–Crippen LogP) is 5.54. The lowest BCUT2D eigenvalue weighted by atomic mass is 10.1. The predicted molar refractivity (Wildman–Crippen MR) is 135 cm³/mol. The van der Waals surface area contributed by atoms with Crippen LogP contribution in [0.4, 0.5) is 4.39 Å². The van der Waals surface area contributed by atoms with Crippen molar-refractivity contribution in [1.29, 1.82) is 0 Å². The number of carbonyl (C=O) groups is 1. The van der Waals surface area contributed by atoms with Gasteiger partial charge in [-0.1, -0.05) is 49.7 Å². The molecule has 0 saturated carbocycles. The monoisotopic (exact) mass is 473 g/mol. The third-order valence-corrected chi connectivity index (χ3v) is 6.09. The minimum atomic E-state index is -0.629. The third kappa shape index (κ3) is 4.67. The molecule has 1 unspecified atom stereocenters. The van der Waals surface area contributed by atoms with Gasteiger partial charge in [0.15, 0.2) is 0 Å². The van der Waals surface area contributed by atoms with Crippen LogP contribution < -0.4 is 10.3 Å². The number of nitrogens with zero attached hydrogens (tertiary/aromatic N) is 3. The number of fused-ring (bicyclic) bond motifs is 1. The van der Waals surface area contributed by atoms with Crippen LogP contribution >= 0.6 is 0 Å². The Kier molecular flexibility index (Phi) is 7.25. The van der Waals surface area contributed by atoms with Gasteiger partial charge in [0.25, 0.3) is 11.5 Å². The van der Waals surface area contributed by atoms with Crippen molar-refractivity contribution in [3.63, 3.8) is 0 Å². The van der Waals surface area contributed by atoms with Crippen molar-refractivity contribution in [2.75, 3.05) is 13.7 Å². The zero-order chi connectivity index (χ0) is 24.9. The highest BCUT2D eigenvalue weighted by Gasteiger charge is 2.29. The average Bonchev–Trinajstić information content (AvgIpc) is 2.89. The van der Waals surface area contributed by atoms with E-state index >= 15 is 0 Å². The first-order valence-electron chi connectivity index (χ1n) is 11.7. The Morgan fingerprint density at radius 1 is 1.06 bits per heavy atom. The molecule has 0 fully saturated rings. The molecule has 1 heterocycles. The van der Waals surface area contributed by atoms with Crippen molar-refractivity contribution in [2.45, 2.75) is 32.7 Å². The highest BCUT2D eigenvalue weighted by Crippen LogP contribution is 2.29. The Morgan fingerprint density at radius 2 is 1.74 bits per heavy atom. The topological polar surface area (TPSA) is 64.4 Å². The molecule has 0 radical (unpaired) electrons. The van der Waals surface area contributed by atoms with E-state index in [1.165, 1.54) is 23.8 Å². The van der Waals surface area contributed by atoms with E-state index in [0.29, 0.717) is 34.7 Å². The summed E-state index contributed by atoms with van der Waals surface area (Å²) >= 11 is 0. The number of amides is 1. The summed E-state index contributed by atoms with van der Waals surface area (Å²) in [7, 11) is 1.54. The van der Waals surface area contributed by atoms with E-state index in [-0.39, 0.29) is 11.1 Å². The van der Waals surface area contributed by atoms with Crippen molar-refractivity contribution >= 4 is 16.8 Å². The number of aromatic nitrogens is 2. The van der Waals surface area contributed by atoms with Crippen LogP contribution in [0.2, 0.25) is 0 Å². The molecule has 4 rings (SSSR count). The first-order chi connectivity index (χ1) is 17.0. The number of para-hydroxylation sites is 3. The molecule has 0 N–H and O–H groups in total. The highest BCUT2D eigenvalue weighted by molar-refractivity contribution is 5.94.